The molecule has 0 aliphatic rings. The zero-order chi connectivity index (χ0) is 19.6. The van der Waals surface area contributed by atoms with Crippen molar-refractivity contribution >= 4 is 23.2 Å². The molecule has 2 aromatic carbocycles. The van der Waals surface area contributed by atoms with Gasteiger partial charge in [-0.2, -0.15) is 0 Å². The van der Waals surface area contributed by atoms with Gasteiger partial charge >= 0.3 is 0 Å². The summed E-state index contributed by atoms with van der Waals surface area (Å²) in [5, 5.41) is 8.56. The first-order chi connectivity index (χ1) is 13.0. The zero-order valence-corrected chi connectivity index (χ0v) is 15.7. The molecule has 0 saturated heterocycles. The van der Waals surface area contributed by atoms with E-state index in [1.165, 1.54) is 0 Å². The molecule has 0 heterocycles. The molecule has 6 heteroatoms. The van der Waals surface area contributed by atoms with Gasteiger partial charge in [-0.3, -0.25) is 9.59 Å². The number of nitrogens with one attached hydrogen (secondary N) is 3. The van der Waals surface area contributed by atoms with E-state index in [0.717, 1.165) is 17.0 Å². The lowest BCUT2D eigenvalue weighted by Gasteiger charge is -2.10. The topological polar surface area (TPSA) is 79.5 Å². The van der Waals surface area contributed by atoms with Gasteiger partial charge in [0.05, 0.1) is 6.54 Å². The minimum atomic E-state index is -0.203. The maximum atomic E-state index is 12.1. The van der Waals surface area contributed by atoms with Crippen molar-refractivity contribution in [2.24, 2.45) is 0 Å². The van der Waals surface area contributed by atoms with Crippen LogP contribution < -0.4 is 20.7 Å². The highest BCUT2D eigenvalue weighted by Crippen LogP contribution is 2.16. The molecule has 3 N–H and O–H groups in total. The maximum absolute atomic E-state index is 12.1. The number of rotatable bonds is 9. The number of hydrogen-bond donors (Lipinski definition) is 3. The van der Waals surface area contributed by atoms with Crippen LogP contribution in [0.25, 0.3) is 0 Å². The quantitative estimate of drug-likeness (QED) is 0.593. The van der Waals surface area contributed by atoms with E-state index in [1.807, 2.05) is 38.1 Å². The van der Waals surface area contributed by atoms with Crippen molar-refractivity contribution in [3.8, 4) is 5.75 Å². The fourth-order valence-electron chi connectivity index (χ4n) is 2.26. The smallest absolute Gasteiger partial charge is 0.251 e. The third-order valence-corrected chi connectivity index (χ3v) is 3.54. The molecule has 0 radical (unpaired) electrons. The molecular formula is C21H25N3O3. The van der Waals surface area contributed by atoms with Crippen LogP contribution in [0.4, 0.5) is 11.4 Å². The van der Waals surface area contributed by atoms with Crippen LogP contribution in [0, 0.1) is 0 Å². The number of hydrogen-bond acceptors (Lipinski definition) is 4. The van der Waals surface area contributed by atoms with Gasteiger partial charge in [0.25, 0.3) is 5.91 Å². The summed E-state index contributed by atoms with van der Waals surface area (Å²) in [6, 6.07) is 14.2. The van der Waals surface area contributed by atoms with Gasteiger partial charge in [-0.05, 0) is 61.9 Å². The Balaban J connectivity index is 1.85. The Bertz CT molecular complexity index is 801. The van der Waals surface area contributed by atoms with E-state index in [4.69, 9.17) is 4.74 Å². The van der Waals surface area contributed by atoms with Crippen LogP contribution in [0.1, 0.15) is 24.2 Å². The SMILES string of the molecule is C=C(C)COc1ccc(NCC(=O)Nc2cccc(C(=O)NCC)c2)cc1. The molecule has 0 aliphatic carbocycles. The van der Waals surface area contributed by atoms with Crippen molar-refractivity contribution < 1.29 is 14.3 Å². The van der Waals surface area contributed by atoms with Gasteiger partial charge in [0, 0.05) is 23.5 Å². The minimum absolute atomic E-state index is 0.108. The second-order valence-corrected chi connectivity index (χ2v) is 6.11. The molecule has 27 heavy (non-hydrogen) atoms. The van der Waals surface area contributed by atoms with Crippen LogP contribution in [0.15, 0.2) is 60.7 Å². The van der Waals surface area contributed by atoms with Gasteiger partial charge in [0.2, 0.25) is 5.91 Å². The first-order valence-electron chi connectivity index (χ1n) is 8.77. The Labute approximate surface area is 159 Å². The number of carbonyl (C=O) groups is 2. The molecule has 0 spiro atoms. The zero-order valence-electron chi connectivity index (χ0n) is 15.7. The molecule has 142 valence electrons. The average Bonchev–Trinajstić information content (AvgIpc) is 2.66. The normalized spacial score (nSPS) is 10.0. The highest BCUT2D eigenvalue weighted by molar-refractivity contribution is 5.98. The van der Waals surface area contributed by atoms with Crippen LogP contribution in [-0.2, 0) is 4.79 Å². The standard InChI is InChI=1S/C21H25N3O3/c1-4-22-21(26)16-6-5-7-18(12-16)24-20(25)13-23-17-8-10-19(11-9-17)27-14-15(2)3/h5-12,23H,2,4,13-14H2,1,3H3,(H,22,26)(H,24,25). The summed E-state index contributed by atoms with van der Waals surface area (Å²) in [5.74, 6) is 0.376. The fraction of sp³-hybridized carbons (Fsp3) is 0.238. The molecule has 2 rings (SSSR count). The Hall–Kier alpha value is -3.28. The lowest BCUT2D eigenvalue weighted by Crippen LogP contribution is -2.24. The first kappa shape index (κ1) is 20.0. The molecule has 2 aromatic rings. The molecule has 0 fully saturated rings. The molecule has 0 atom stereocenters. The van der Waals surface area contributed by atoms with Gasteiger partial charge < -0.3 is 20.7 Å². The molecule has 6 nitrogen and oxygen atoms in total. The molecule has 2 amide bonds. The van der Waals surface area contributed by atoms with Crippen LogP contribution in [0.2, 0.25) is 0 Å². The van der Waals surface area contributed by atoms with Gasteiger partial charge in [-0.1, -0.05) is 12.6 Å². The van der Waals surface area contributed by atoms with Crippen LogP contribution in [0.3, 0.4) is 0 Å². The molecule has 0 aliphatic heterocycles. The van der Waals surface area contributed by atoms with E-state index in [0.29, 0.717) is 24.4 Å². The van der Waals surface area contributed by atoms with E-state index in [-0.39, 0.29) is 18.4 Å². The van der Waals surface area contributed by atoms with E-state index in [2.05, 4.69) is 22.5 Å². The average molecular weight is 367 g/mol. The lowest BCUT2D eigenvalue weighted by atomic mass is 10.2. The summed E-state index contributed by atoms with van der Waals surface area (Å²) in [6.07, 6.45) is 0. The third kappa shape index (κ3) is 6.86. The molecule has 0 saturated carbocycles. The van der Waals surface area contributed by atoms with Crippen molar-refractivity contribution in [3.05, 3.63) is 66.2 Å². The summed E-state index contributed by atoms with van der Waals surface area (Å²) in [6.45, 7) is 8.69. The molecular weight excluding hydrogens is 342 g/mol. The Morgan fingerprint density at radius 1 is 1.07 bits per heavy atom. The predicted octanol–water partition coefficient (Wildman–Crippen LogP) is 3.44. The van der Waals surface area contributed by atoms with Crippen molar-refractivity contribution in [2.45, 2.75) is 13.8 Å². The third-order valence-electron chi connectivity index (χ3n) is 3.54. The van der Waals surface area contributed by atoms with E-state index in [9.17, 15) is 9.59 Å². The highest BCUT2D eigenvalue weighted by atomic mass is 16.5. The summed E-state index contributed by atoms with van der Waals surface area (Å²) in [5.41, 5.74) is 2.84. The Morgan fingerprint density at radius 2 is 1.81 bits per heavy atom. The van der Waals surface area contributed by atoms with Crippen LogP contribution >= 0.6 is 0 Å². The van der Waals surface area contributed by atoms with Gasteiger partial charge in [0.15, 0.2) is 0 Å². The Kier molecular flexibility index (Phi) is 7.43. The van der Waals surface area contributed by atoms with Crippen molar-refractivity contribution in [3.63, 3.8) is 0 Å². The Morgan fingerprint density at radius 3 is 2.48 bits per heavy atom. The number of carbonyl (C=O) groups excluding carboxylic acids is 2. The molecule has 0 aromatic heterocycles. The minimum Gasteiger partial charge on any atom is -0.489 e. The first-order valence-corrected chi connectivity index (χ1v) is 8.77. The second kappa shape index (κ2) is 10.0. The monoisotopic (exact) mass is 367 g/mol. The fourth-order valence-corrected chi connectivity index (χ4v) is 2.26. The highest BCUT2D eigenvalue weighted by Gasteiger charge is 2.07. The van der Waals surface area contributed by atoms with Crippen LogP contribution in [-0.4, -0.2) is 31.5 Å². The number of amides is 2. The van der Waals surface area contributed by atoms with Gasteiger partial charge in [-0.15, -0.1) is 0 Å². The molecule has 0 bridgehead atoms. The number of ether oxygens (including phenoxy) is 1. The van der Waals surface area contributed by atoms with E-state index < -0.39 is 0 Å². The van der Waals surface area contributed by atoms with Gasteiger partial charge in [-0.25, -0.2) is 0 Å². The van der Waals surface area contributed by atoms with Crippen molar-refractivity contribution in [2.75, 3.05) is 30.3 Å². The maximum Gasteiger partial charge on any atom is 0.251 e. The lowest BCUT2D eigenvalue weighted by molar-refractivity contribution is -0.114. The number of anilines is 2. The predicted molar refractivity (Wildman–Crippen MR) is 108 cm³/mol. The summed E-state index contributed by atoms with van der Waals surface area (Å²) in [4.78, 5) is 24.0. The van der Waals surface area contributed by atoms with Gasteiger partial charge in [0.1, 0.15) is 12.4 Å². The summed E-state index contributed by atoms with van der Waals surface area (Å²) in [7, 11) is 0. The molecule has 0 unspecified atom stereocenters. The number of benzene rings is 2. The summed E-state index contributed by atoms with van der Waals surface area (Å²) >= 11 is 0. The van der Waals surface area contributed by atoms with Crippen molar-refractivity contribution in [1.29, 1.82) is 0 Å². The van der Waals surface area contributed by atoms with Crippen LogP contribution in [0.5, 0.6) is 5.75 Å². The summed E-state index contributed by atoms with van der Waals surface area (Å²) < 4.78 is 5.54. The van der Waals surface area contributed by atoms with E-state index in [1.54, 1.807) is 24.3 Å². The van der Waals surface area contributed by atoms with Crippen molar-refractivity contribution in [1.82, 2.24) is 5.32 Å². The van der Waals surface area contributed by atoms with E-state index >= 15 is 0 Å². The second-order valence-electron chi connectivity index (χ2n) is 6.11. The largest absolute Gasteiger partial charge is 0.489 e.